The van der Waals surface area contributed by atoms with E-state index in [2.05, 4.69) is 15.8 Å². The second-order valence-corrected chi connectivity index (χ2v) is 3.70. The van der Waals surface area contributed by atoms with Gasteiger partial charge in [0.05, 0.1) is 18.8 Å². The van der Waals surface area contributed by atoms with Crippen molar-refractivity contribution in [3.63, 3.8) is 0 Å². The van der Waals surface area contributed by atoms with Gasteiger partial charge in [-0.15, -0.1) is 0 Å². The van der Waals surface area contributed by atoms with Crippen molar-refractivity contribution in [1.82, 2.24) is 15.8 Å². The van der Waals surface area contributed by atoms with Gasteiger partial charge in [-0.3, -0.25) is 10.1 Å². The Morgan fingerprint density at radius 1 is 1.60 bits per heavy atom. The van der Waals surface area contributed by atoms with Gasteiger partial charge >= 0.3 is 0 Å². The van der Waals surface area contributed by atoms with Crippen molar-refractivity contribution < 1.29 is 9.32 Å². The van der Waals surface area contributed by atoms with Crippen LogP contribution in [0.5, 0.6) is 0 Å². The van der Waals surface area contributed by atoms with E-state index >= 15 is 0 Å². The maximum Gasteiger partial charge on any atom is 0.237 e. The summed E-state index contributed by atoms with van der Waals surface area (Å²) in [5, 5.41) is 9.65. The first-order chi connectivity index (χ1) is 7.36. The predicted octanol–water partition coefficient (Wildman–Crippen LogP) is 0.433. The van der Waals surface area contributed by atoms with Crippen molar-refractivity contribution in [3.05, 3.63) is 18.0 Å². The quantitative estimate of drug-likeness (QED) is 0.757. The number of carbonyl (C=O) groups excluding carboxylic acids is 1. The molecule has 1 unspecified atom stereocenters. The summed E-state index contributed by atoms with van der Waals surface area (Å²) in [5.41, 5.74) is 0. The second kappa shape index (κ2) is 4.93. The molecule has 1 fully saturated rings. The van der Waals surface area contributed by atoms with Gasteiger partial charge in [0.2, 0.25) is 5.91 Å². The highest BCUT2D eigenvalue weighted by Gasteiger charge is 2.19. The van der Waals surface area contributed by atoms with E-state index in [0.717, 1.165) is 31.6 Å². The lowest BCUT2D eigenvalue weighted by Gasteiger charge is -2.13. The number of hydrogen-bond donors (Lipinski definition) is 2. The van der Waals surface area contributed by atoms with E-state index < -0.39 is 0 Å². The minimum Gasteiger partial charge on any atom is -0.360 e. The van der Waals surface area contributed by atoms with Crippen LogP contribution in [0.3, 0.4) is 0 Å². The first-order valence-corrected chi connectivity index (χ1v) is 5.27. The molecule has 2 N–H and O–H groups in total. The minimum absolute atomic E-state index is 0.0898. The third-order valence-corrected chi connectivity index (χ3v) is 2.55. The Morgan fingerprint density at radius 3 is 3.33 bits per heavy atom. The van der Waals surface area contributed by atoms with Crippen molar-refractivity contribution in [3.8, 4) is 0 Å². The molecular weight excluding hydrogens is 194 g/mol. The monoisotopic (exact) mass is 209 g/mol. The zero-order valence-corrected chi connectivity index (χ0v) is 8.53. The summed E-state index contributed by atoms with van der Waals surface area (Å²) in [4.78, 5) is 11.6. The van der Waals surface area contributed by atoms with E-state index in [0.29, 0.717) is 6.54 Å². The minimum atomic E-state index is -0.0994. The zero-order chi connectivity index (χ0) is 10.5. The second-order valence-electron chi connectivity index (χ2n) is 3.70. The molecule has 1 saturated heterocycles. The molecule has 1 aliphatic heterocycles. The van der Waals surface area contributed by atoms with Crippen LogP contribution in [-0.2, 0) is 11.3 Å². The van der Waals surface area contributed by atoms with E-state index in [1.54, 1.807) is 12.3 Å². The smallest absolute Gasteiger partial charge is 0.237 e. The average Bonchev–Trinajstić information content (AvgIpc) is 2.67. The summed E-state index contributed by atoms with van der Waals surface area (Å²) in [6.07, 6.45) is 4.63. The van der Waals surface area contributed by atoms with E-state index in [9.17, 15) is 4.79 Å². The van der Waals surface area contributed by atoms with Gasteiger partial charge in [-0.25, -0.2) is 0 Å². The van der Waals surface area contributed by atoms with Gasteiger partial charge in [0.1, 0.15) is 5.76 Å². The lowest BCUT2D eigenvalue weighted by Crippen LogP contribution is -2.42. The Balaban J connectivity index is 1.84. The van der Waals surface area contributed by atoms with E-state index in [1.807, 2.05) is 0 Å². The van der Waals surface area contributed by atoms with Gasteiger partial charge in [0.25, 0.3) is 0 Å². The molecule has 2 heterocycles. The van der Waals surface area contributed by atoms with Crippen molar-refractivity contribution in [1.29, 1.82) is 0 Å². The van der Waals surface area contributed by atoms with Crippen LogP contribution in [0.2, 0.25) is 0 Å². The SMILES string of the molecule is O=C1NCCCCC1NCc1ccno1. The molecule has 1 aromatic heterocycles. The molecule has 0 aromatic carbocycles. The van der Waals surface area contributed by atoms with Crippen LogP contribution in [0.15, 0.2) is 16.8 Å². The molecule has 0 spiro atoms. The molecule has 0 bridgehead atoms. The van der Waals surface area contributed by atoms with Gasteiger partial charge < -0.3 is 9.84 Å². The number of aromatic nitrogens is 1. The van der Waals surface area contributed by atoms with E-state index in [-0.39, 0.29) is 11.9 Å². The van der Waals surface area contributed by atoms with Crippen LogP contribution < -0.4 is 10.6 Å². The Morgan fingerprint density at radius 2 is 2.53 bits per heavy atom. The summed E-state index contributed by atoms with van der Waals surface area (Å²) in [5.74, 6) is 0.846. The van der Waals surface area contributed by atoms with Crippen LogP contribution in [0.25, 0.3) is 0 Å². The molecule has 1 amide bonds. The molecule has 5 heteroatoms. The highest BCUT2D eigenvalue weighted by Crippen LogP contribution is 2.06. The molecule has 82 valence electrons. The first kappa shape index (κ1) is 10.2. The number of nitrogens with one attached hydrogen (secondary N) is 2. The number of carbonyl (C=O) groups is 1. The summed E-state index contributed by atoms with van der Waals surface area (Å²) in [7, 11) is 0. The van der Waals surface area contributed by atoms with Gasteiger partial charge in [-0.1, -0.05) is 5.16 Å². The fraction of sp³-hybridized carbons (Fsp3) is 0.600. The molecule has 0 radical (unpaired) electrons. The van der Waals surface area contributed by atoms with Crippen molar-refractivity contribution in [2.75, 3.05) is 6.54 Å². The lowest BCUT2D eigenvalue weighted by molar-refractivity contribution is -0.122. The van der Waals surface area contributed by atoms with Gasteiger partial charge in [0, 0.05) is 12.6 Å². The molecule has 1 aromatic rings. The summed E-state index contributed by atoms with van der Waals surface area (Å²) < 4.78 is 4.95. The first-order valence-electron chi connectivity index (χ1n) is 5.27. The van der Waals surface area contributed by atoms with Gasteiger partial charge in [0.15, 0.2) is 0 Å². The summed E-state index contributed by atoms with van der Waals surface area (Å²) >= 11 is 0. The number of rotatable bonds is 3. The Kier molecular flexibility index (Phi) is 3.34. The Labute approximate surface area is 88.2 Å². The highest BCUT2D eigenvalue weighted by atomic mass is 16.5. The van der Waals surface area contributed by atoms with Crippen molar-refractivity contribution in [2.45, 2.75) is 31.8 Å². The molecule has 5 nitrogen and oxygen atoms in total. The molecule has 2 rings (SSSR count). The molecule has 0 aliphatic carbocycles. The number of hydrogen-bond acceptors (Lipinski definition) is 4. The molecule has 1 atom stereocenters. The maximum atomic E-state index is 11.6. The standard InChI is InChI=1S/C10H15N3O2/c14-10-9(3-1-2-5-11-10)12-7-8-4-6-13-15-8/h4,6,9,12H,1-3,5,7H2,(H,11,14). The van der Waals surface area contributed by atoms with Crippen molar-refractivity contribution in [2.24, 2.45) is 0 Å². The lowest BCUT2D eigenvalue weighted by atomic mass is 10.1. The van der Waals surface area contributed by atoms with Crippen LogP contribution in [0, 0.1) is 0 Å². The third-order valence-electron chi connectivity index (χ3n) is 2.55. The third kappa shape index (κ3) is 2.79. The Hall–Kier alpha value is -1.36. The number of amides is 1. The molecule has 0 saturated carbocycles. The topological polar surface area (TPSA) is 67.2 Å². The van der Waals surface area contributed by atoms with Gasteiger partial charge in [-0.05, 0) is 19.3 Å². The van der Waals surface area contributed by atoms with Crippen molar-refractivity contribution >= 4 is 5.91 Å². The van der Waals surface area contributed by atoms with E-state index in [4.69, 9.17) is 4.52 Å². The average molecular weight is 209 g/mol. The zero-order valence-electron chi connectivity index (χ0n) is 8.53. The van der Waals surface area contributed by atoms with Gasteiger partial charge in [-0.2, -0.15) is 0 Å². The highest BCUT2D eigenvalue weighted by molar-refractivity contribution is 5.81. The van der Waals surface area contributed by atoms with Crippen LogP contribution in [0.1, 0.15) is 25.0 Å². The summed E-state index contributed by atoms with van der Waals surface area (Å²) in [6.45, 7) is 1.34. The molecule has 1 aliphatic rings. The van der Waals surface area contributed by atoms with Crippen LogP contribution in [0.4, 0.5) is 0 Å². The normalized spacial score (nSPS) is 22.1. The Bertz CT molecular complexity index is 310. The fourth-order valence-corrected chi connectivity index (χ4v) is 1.69. The van der Waals surface area contributed by atoms with Crippen LogP contribution >= 0.6 is 0 Å². The predicted molar refractivity (Wildman–Crippen MR) is 54.0 cm³/mol. The fourth-order valence-electron chi connectivity index (χ4n) is 1.69. The van der Waals surface area contributed by atoms with E-state index in [1.165, 1.54) is 0 Å². The molecule has 15 heavy (non-hydrogen) atoms. The van der Waals surface area contributed by atoms with Crippen LogP contribution in [-0.4, -0.2) is 23.7 Å². The molecular formula is C10H15N3O2. The number of nitrogens with zero attached hydrogens (tertiary/aromatic N) is 1. The largest absolute Gasteiger partial charge is 0.360 e. The summed E-state index contributed by atoms with van der Waals surface area (Å²) in [6, 6.07) is 1.69. The maximum absolute atomic E-state index is 11.6.